The monoisotopic (exact) mass is 369 g/mol. The van der Waals surface area contributed by atoms with Crippen LogP contribution in [0.2, 0.25) is 0 Å². The van der Waals surface area contributed by atoms with Crippen molar-refractivity contribution in [3.05, 3.63) is 42.9 Å². The molecule has 2 heterocycles. The summed E-state index contributed by atoms with van der Waals surface area (Å²) >= 11 is 0. The minimum absolute atomic E-state index is 0.140. The lowest BCUT2D eigenvalue weighted by Gasteiger charge is -2.08. The number of ether oxygens (including phenoxy) is 3. The van der Waals surface area contributed by atoms with Gasteiger partial charge in [-0.05, 0) is 12.1 Å². The van der Waals surface area contributed by atoms with Crippen LogP contribution in [0.15, 0.2) is 42.9 Å². The van der Waals surface area contributed by atoms with Crippen molar-refractivity contribution in [3.63, 3.8) is 0 Å². The molecule has 0 bridgehead atoms. The Morgan fingerprint density at radius 2 is 2.11 bits per heavy atom. The number of methoxy groups -OCH3 is 1. The molecule has 0 radical (unpaired) electrons. The number of nitrogens with zero attached hydrogens (tertiary/aromatic N) is 5. The summed E-state index contributed by atoms with van der Waals surface area (Å²) in [6.45, 7) is 1.92. The molecule has 3 aromatic rings. The summed E-state index contributed by atoms with van der Waals surface area (Å²) in [6.07, 6.45) is 4.76. The van der Waals surface area contributed by atoms with Crippen LogP contribution < -0.4 is 4.74 Å². The van der Waals surface area contributed by atoms with E-state index >= 15 is 0 Å². The largest absolute Gasteiger partial charge is 0.497 e. The van der Waals surface area contributed by atoms with Gasteiger partial charge in [0, 0.05) is 24.9 Å². The van der Waals surface area contributed by atoms with E-state index in [-0.39, 0.29) is 25.9 Å². The van der Waals surface area contributed by atoms with Crippen LogP contribution in [0.1, 0.15) is 6.92 Å². The SMILES string of the molecule is COc1cccc(-c2nc(-c3cnccn3)nn2COCCOC(C)=O)c1. The Morgan fingerprint density at radius 3 is 2.85 bits per heavy atom. The molecular formula is C18H19N5O4. The fraction of sp³-hybridized carbons (Fsp3) is 0.278. The molecule has 0 saturated heterocycles. The molecule has 0 N–H and O–H groups in total. The van der Waals surface area contributed by atoms with Crippen LogP contribution in [0.25, 0.3) is 22.9 Å². The van der Waals surface area contributed by atoms with E-state index < -0.39 is 0 Å². The van der Waals surface area contributed by atoms with Gasteiger partial charge in [-0.1, -0.05) is 12.1 Å². The highest BCUT2D eigenvalue weighted by Gasteiger charge is 2.15. The number of esters is 1. The minimum Gasteiger partial charge on any atom is -0.497 e. The van der Waals surface area contributed by atoms with E-state index in [2.05, 4.69) is 20.1 Å². The molecule has 0 spiro atoms. The van der Waals surface area contributed by atoms with Crippen molar-refractivity contribution in [2.45, 2.75) is 13.7 Å². The van der Waals surface area contributed by atoms with Crippen molar-refractivity contribution < 1.29 is 19.0 Å². The van der Waals surface area contributed by atoms with E-state index in [9.17, 15) is 4.79 Å². The van der Waals surface area contributed by atoms with Crippen LogP contribution in [0.3, 0.4) is 0 Å². The van der Waals surface area contributed by atoms with Gasteiger partial charge in [-0.25, -0.2) is 14.6 Å². The number of hydrogen-bond donors (Lipinski definition) is 0. The summed E-state index contributed by atoms with van der Waals surface area (Å²) in [4.78, 5) is 23.7. The molecule has 0 aliphatic rings. The molecule has 3 rings (SSSR count). The van der Waals surface area contributed by atoms with Crippen LogP contribution in [0.4, 0.5) is 0 Å². The Morgan fingerprint density at radius 1 is 1.22 bits per heavy atom. The van der Waals surface area contributed by atoms with Crippen LogP contribution >= 0.6 is 0 Å². The van der Waals surface area contributed by atoms with Gasteiger partial charge in [0.1, 0.15) is 24.8 Å². The quantitative estimate of drug-likeness (QED) is 0.439. The third-order valence-electron chi connectivity index (χ3n) is 3.54. The highest BCUT2D eigenvalue weighted by molar-refractivity contribution is 5.65. The Bertz CT molecular complexity index is 898. The third kappa shape index (κ3) is 4.85. The lowest BCUT2D eigenvalue weighted by molar-refractivity contribution is -0.142. The summed E-state index contributed by atoms with van der Waals surface area (Å²) < 4.78 is 17.3. The Kier molecular flexibility index (Phi) is 6.06. The zero-order valence-corrected chi connectivity index (χ0v) is 15.0. The molecule has 0 unspecified atom stereocenters. The van der Waals surface area contributed by atoms with Gasteiger partial charge in [-0.2, -0.15) is 0 Å². The second-order valence-corrected chi connectivity index (χ2v) is 5.46. The molecule has 140 valence electrons. The summed E-state index contributed by atoms with van der Waals surface area (Å²) in [5, 5.41) is 4.47. The molecule has 0 aliphatic heterocycles. The van der Waals surface area contributed by atoms with Gasteiger partial charge < -0.3 is 14.2 Å². The number of carbonyl (C=O) groups excluding carboxylic acids is 1. The van der Waals surface area contributed by atoms with Crippen LogP contribution in [0, 0.1) is 0 Å². The molecule has 27 heavy (non-hydrogen) atoms. The first-order chi connectivity index (χ1) is 13.2. The predicted molar refractivity (Wildman–Crippen MR) is 95.6 cm³/mol. The zero-order chi connectivity index (χ0) is 19.1. The molecule has 9 heteroatoms. The summed E-state index contributed by atoms with van der Waals surface area (Å²) in [7, 11) is 1.60. The van der Waals surface area contributed by atoms with Crippen molar-refractivity contribution in [2.24, 2.45) is 0 Å². The molecule has 2 aromatic heterocycles. The van der Waals surface area contributed by atoms with Crippen molar-refractivity contribution in [2.75, 3.05) is 20.3 Å². The molecule has 1 aromatic carbocycles. The van der Waals surface area contributed by atoms with E-state index in [0.717, 1.165) is 5.56 Å². The van der Waals surface area contributed by atoms with Crippen molar-refractivity contribution in [1.82, 2.24) is 24.7 Å². The lowest BCUT2D eigenvalue weighted by Crippen LogP contribution is -2.12. The highest BCUT2D eigenvalue weighted by Crippen LogP contribution is 2.24. The maximum Gasteiger partial charge on any atom is 0.302 e. The Hall–Kier alpha value is -3.33. The van der Waals surface area contributed by atoms with Crippen LogP contribution in [-0.2, 0) is 21.0 Å². The maximum absolute atomic E-state index is 10.8. The Labute approximate surface area is 156 Å². The predicted octanol–water partition coefficient (Wildman–Crippen LogP) is 1.95. The fourth-order valence-electron chi connectivity index (χ4n) is 2.33. The molecule has 9 nitrogen and oxygen atoms in total. The van der Waals surface area contributed by atoms with Gasteiger partial charge in [0.25, 0.3) is 0 Å². The standard InChI is InChI=1S/C18H19N5O4/c1-13(24)27-9-8-26-12-23-18(14-4-3-5-15(10-14)25-2)21-17(22-23)16-11-19-6-7-20-16/h3-7,10-11H,8-9,12H2,1-2H3. The number of hydrogen-bond acceptors (Lipinski definition) is 8. The second-order valence-electron chi connectivity index (χ2n) is 5.46. The van der Waals surface area contributed by atoms with Gasteiger partial charge in [0.15, 0.2) is 5.82 Å². The Balaban J connectivity index is 1.85. The van der Waals surface area contributed by atoms with E-state index in [1.165, 1.54) is 6.92 Å². The number of benzene rings is 1. The zero-order valence-electron chi connectivity index (χ0n) is 15.0. The average Bonchev–Trinajstić information content (AvgIpc) is 3.12. The van der Waals surface area contributed by atoms with Gasteiger partial charge in [0.05, 0.1) is 19.9 Å². The summed E-state index contributed by atoms with van der Waals surface area (Å²) in [6, 6.07) is 7.49. The van der Waals surface area contributed by atoms with E-state index in [0.29, 0.717) is 23.1 Å². The van der Waals surface area contributed by atoms with Gasteiger partial charge in [0.2, 0.25) is 5.82 Å². The van der Waals surface area contributed by atoms with E-state index in [4.69, 9.17) is 14.2 Å². The van der Waals surface area contributed by atoms with Crippen LogP contribution in [-0.4, -0.2) is 51.0 Å². The van der Waals surface area contributed by atoms with Gasteiger partial charge >= 0.3 is 5.97 Å². The number of aromatic nitrogens is 5. The topological polar surface area (TPSA) is 101 Å². The first-order valence-electron chi connectivity index (χ1n) is 8.24. The van der Waals surface area contributed by atoms with Gasteiger partial charge in [-0.15, -0.1) is 5.10 Å². The second kappa shape index (κ2) is 8.86. The fourth-order valence-corrected chi connectivity index (χ4v) is 2.33. The molecule has 0 amide bonds. The molecule has 0 aliphatic carbocycles. The first kappa shape index (κ1) is 18.5. The molecule has 0 saturated carbocycles. The smallest absolute Gasteiger partial charge is 0.302 e. The minimum atomic E-state index is -0.346. The number of carbonyl (C=O) groups is 1. The summed E-state index contributed by atoms with van der Waals surface area (Å²) in [5.74, 6) is 1.40. The summed E-state index contributed by atoms with van der Waals surface area (Å²) in [5.41, 5.74) is 1.38. The lowest BCUT2D eigenvalue weighted by atomic mass is 10.2. The van der Waals surface area contributed by atoms with E-state index in [1.54, 1.807) is 30.4 Å². The normalized spacial score (nSPS) is 10.6. The maximum atomic E-state index is 10.8. The highest BCUT2D eigenvalue weighted by atomic mass is 16.6. The molecule has 0 atom stereocenters. The van der Waals surface area contributed by atoms with Crippen molar-refractivity contribution in [3.8, 4) is 28.7 Å². The first-order valence-corrected chi connectivity index (χ1v) is 8.24. The van der Waals surface area contributed by atoms with Crippen molar-refractivity contribution >= 4 is 5.97 Å². The van der Waals surface area contributed by atoms with Crippen LogP contribution in [0.5, 0.6) is 5.75 Å². The van der Waals surface area contributed by atoms with E-state index in [1.807, 2.05) is 24.3 Å². The average molecular weight is 369 g/mol. The third-order valence-corrected chi connectivity index (χ3v) is 3.54. The molecular weight excluding hydrogens is 350 g/mol. The molecule has 0 fully saturated rings. The number of rotatable bonds is 8. The van der Waals surface area contributed by atoms with Gasteiger partial charge in [-0.3, -0.25) is 9.78 Å². The van der Waals surface area contributed by atoms with Crippen molar-refractivity contribution in [1.29, 1.82) is 0 Å².